The number of rotatable bonds is 14. The van der Waals surface area contributed by atoms with E-state index in [0.29, 0.717) is 6.42 Å². The highest BCUT2D eigenvalue weighted by Crippen LogP contribution is 2.05. The molecule has 0 fully saturated rings. The van der Waals surface area contributed by atoms with Crippen LogP contribution in [-0.2, 0) is 4.79 Å². The number of hydrogen-bond donors (Lipinski definition) is 0. The van der Waals surface area contributed by atoms with Gasteiger partial charge in [-0.15, -0.1) is 0 Å². The Hall–Kier alpha value is -1.37. The molecule has 0 aromatic heterocycles. The van der Waals surface area contributed by atoms with Crippen molar-refractivity contribution in [3.8, 4) is 0 Å². The standard InChI is InChI=1S/C21H34O/c1-3-5-6-7-8-9-10-11-12-13-14-15-16-17-18-20-21(22)19-4-2/h4,7-8,10-11,13-14,19H,3,5-6,9,12,15-18,20H2,1-2H3/b8-7-,11-10-,14-13-,19-4+. The first kappa shape index (κ1) is 20.6. The molecule has 0 amide bonds. The second-order valence-corrected chi connectivity index (χ2v) is 5.59. The van der Waals surface area contributed by atoms with Gasteiger partial charge >= 0.3 is 0 Å². The molecule has 0 radical (unpaired) electrons. The van der Waals surface area contributed by atoms with Gasteiger partial charge in [0.05, 0.1) is 0 Å². The van der Waals surface area contributed by atoms with Crippen molar-refractivity contribution in [2.45, 2.75) is 78.1 Å². The molecule has 0 saturated heterocycles. The monoisotopic (exact) mass is 302 g/mol. The Morgan fingerprint density at radius 3 is 1.95 bits per heavy atom. The van der Waals surface area contributed by atoms with Crippen molar-refractivity contribution in [3.05, 3.63) is 48.6 Å². The Morgan fingerprint density at radius 1 is 0.773 bits per heavy atom. The van der Waals surface area contributed by atoms with Crippen LogP contribution in [0.1, 0.15) is 78.1 Å². The lowest BCUT2D eigenvalue weighted by molar-refractivity contribution is -0.114. The van der Waals surface area contributed by atoms with Crippen LogP contribution >= 0.6 is 0 Å². The van der Waals surface area contributed by atoms with E-state index in [-0.39, 0.29) is 5.78 Å². The van der Waals surface area contributed by atoms with Gasteiger partial charge in [0.25, 0.3) is 0 Å². The van der Waals surface area contributed by atoms with Gasteiger partial charge in [-0.1, -0.05) is 68.7 Å². The maximum atomic E-state index is 11.3. The third kappa shape index (κ3) is 16.7. The summed E-state index contributed by atoms with van der Waals surface area (Å²) in [6, 6.07) is 0. The summed E-state index contributed by atoms with van der Waals surface area (Å²) in [4.78, 5) is 11.3. The van der Waals surface area contributed by atoms with Crippen molar-refractivity contribution in [2.75, 3.05) is 0 Å². The SMILES string of the molecule is C/C=C/C(=O)CCCCC/C=C\C/C=C\C/C=C\CCCC. The summed E-state index contributed by atoms with van der Waals surface area (Å²) >= 11 is 0. The predicted octanol–water partition coefficient (Wildman–Crippen LogP) is 6.72. The van der Waals surface area contributed by atoms with Gasteiger partial charge < -0.3 is 0 Å². The fraction of sp³-hybridized carbons (Fsp3) is 0.571. The van der Waals surface area contributed by atoms with Crippen molar-refractivity contribution in [3.63, 3.8) is 0 Å². The molecule has 0 heterocycles. The quantitative estimate of drug-likeness (QED) is 0.198. The first-order chi connectivity index (χ1) is 10.8. The zero-order valence-corrected chi connectivity index (χ0v) is 14.6. The highest BCUT2D eigenvalue weighted by Gasteiger charge is 1.95. The van der Waals surface area contributed by atoms with Crippen LogP contribution in [0.25, 0.3) is 0 Å². The van der Waals surface area contributed by atoms with E-state index in [1.807, 2.05) is 13.0 Å². The molecule has 0 aromatic carbocycles. The van der Waals surface area contributed by atoms with Crippen molar-refractivity contribution in [2.24, 2.45) is 0 Å². The number of hydrogen-bond acceptors (Lipinski definition) is 1. The zero-order chi connectivity index (χ0) is 16.3. The van der Waals surface area contributed by atoms with Gasteiger partial charge in [-0.25, -0.2) is 0 Å². The number of carbonyl (C=O) groups is 1. The Labute approximate surface area is 137 Å². The zero-order valence-electron chi connectivity index (χ0n) is 14.6. The van der Waals surface area contributed by atoms with E-state index in [1.54, 1.807) is 6.08 Å². The average molecular weight is 303 g/mol. The summed E-state index contributed by atoms with van der Waals surface area (Å²) in [5.41, 5.74) is 0. The first-order valence-corrected chi connectivity index (χ1v) is 8.91. The molecule has 0 aliphatic carbocycles. The summed E-state index contributed by atoms with van der Waals surface area (Å²) in [5.74, 6) is 0.256. The molecule has 0 atom stereocenters. The van der Waals surface area contributed by atoms with Crippen molar-refractivity contribution in [1.29, 1.82) is 0 Å². The minimum Gasteiger partial charge on any atom is -0.295 e. The van der Waals surface area contributed by atoms with Gasteiger partial charge in [0.2, 0.25) is 0 Å². The molecule has 124 valence electrons. The van der Waals surface area contributed by atoms with E-state index >= 15 is 0 Å². The van der Waals surface area contributed by atoms with Gasteiger partial charge in [-0.3, -0.25) is 4.79 Å². The number of unbranched alkanes of at least 4 members (excludes halogenated alkanes) is 5. The second kappa shape index (κ2) is 17.7. The fourth-order valence-corrected chi connectivity index (χ4v) is 2.11. The average Bonchev–Trinajstić information content (AvgIpc) is 2.51. The van der Waals surface area contributed by atoms with E-state index in [2.05, 4.69) is 43.4 Å². The molecule has 0 aromatic rings. The van der Waals surface area contributed by atoms with E-state index < -0.39 is 0 Å². The lowest BCUT2D eigenvalue weighted by Crippen LogP contribution is -1.91. The fourth-order valence-electron chi connectivity index (χ4n) is 2.11. The molecule has 1 nitrogen and oxygen atoms in total. The summed E-state index contributed by atoms with van der Waals surface area (Å²) in [7, 11) is 0. The van der Waals surface area contributed by atoms with Gasteiger partial charge in [-0.05, 0) is 51.5 Å². The molecule has 0 rings (SSSR count). The van der Waals surface area contributed by atoms with Crippen LogP contribution in [0.5, 0.6) is 0 Å². The van der Waals surface area contributed by atoms with Crippen LogP contribution in [0.4, 0.5) is 0 Å². The number of carbonyl (C=O) groups excluding carboxylic acids is 1. The molecule has 0 aliphatic rings. The number of allylic oxidation sites excluding steroid dienone is 8. The van der Waals surface area contributed by atoms with Crippen molar-refractivity contribution < 1.29 is 4.79 Å². The van der Waals surface area contributed by atoms with Crippen LogP contribution in [0.3, 0.4) is 0 Å². The molecule has 0 bridgehead atoms. The summed E-state index contributed by atoms with van der Waals surface area (Å²) in [5, 5.41) is 0. The first-order valence-electron chi connectivity index (χ1n) is 8.91. The number of ketones is 1. The summed E-state index contributed by atoms with van der Waals surface area (Å²) in [6.07, 6.45) is 28.0. The lowest BCUT2D eigenvalue weighted by Gasteiger charge is -1.96. The molecule has 0 unspecified atom stereocenters. The molecule has 0 N–H and O–H groups in total. The Bertz CT molecular complexity index is 358. The third-order valence-electron chi connectivity index (χ3n) is 3.42. The van der Waals surface area contributed by atoms with E-state index in [9.17, 15) is 4.79 Å². The van der Waals surface area contributed by atoms with E-state index in [1.165, 1.54) is 25.7 Å². The topological polar surface area (TPSA) is 17.1 Å². The van der Waals surface area contributed by atoms with Crippen molar-refractivity contribution >= 4 is 5.78 Å². The van der Waals surface area contributed by atoms with Crippen LogP contribution in [0, 0.1) is 0 Å². The molecule has 0 saturated carbocycles. The normalized spacial score (nSPS) is 12.5. The van der Waals surface area contributed by atoms with Crippen molar-refractivity contribution in [1.82, 2.24) is 0 Å². The van der Waals surface area contributed by atoms with Gasteiger partial charge in [0, 0.05) is 6.42 Å². The second-order valence-electron chi connectivity index (χ2n) is 5.59. The third-order valence-corrected chi connectivity index (χ3v) is 3.42. The van der Waals surface area contributed by atoms with Crippen LogP contribution < -0.4 is 0 Å². The predicted molar refractivity (Wildman–Crippen MR) is 99.1 cm³/mol. The van der Waals surface area contributed by atoms with Gasteiger partial charge in [-0.2, -0.15) is 0 Å². The van der Waals surface area contributed by atoms with E-state index in [4.69, 9.17) is 0 Å². The molecule has 0 aliphatic heterocycles. The van der Waals surface area contributed by atoms with Crippen LogP contribution in [0.2, 0.25) is 0 Å². The van der Waals surface area contributed by atoms with E-state index in [0.717, 1.165) is 32.1 Å². The maximum Gasteiger partial charge on any atom is 0.155 e. The highest BCUT2D eigenvalue weighted by molar-refractivity contribution is 5.89. The molecular weight excluding hydrogens is 268 g/mol. The minimum absolute atomic E-state index is 0.256. The molecular formula is C21H34O. The summed E-state index contributed by atoms with van der Waals surface area (Å²) in [6.45, 7) is 4.11. The highest BCUT2D eigenvalue weighted by atomic mass is 16.1. The Morgan fingerprint density at radius 2 is 1.36 bits per heavy atom. The van der Waals surface area contributed by atoms with Crippen LogP contribution in [0.15, 0.2) is 48.6 Å². The maximum absolute atomic E-state index is 11.3. The van der Waals surface area contributed by atoms with Gasteiger partial charge in [0.1, 0.15) is 0 Å². The smallest absolute Gasteiger partial charge is 0.155 e. The lowest BCUT2D eigenvalue weighted by atomic mass is 10.1. The summed E-state index contributed by atoms with van der Waals surface area (Å²) < 4.78 is 0. The van der Waals surface area contributed by atoms with Gasteiger partial charge in [0.15, 0.2) is 5.78 Å². The largest absolute Gasteiger partial charge is 0.295 e. The molecule has 1 heteroatoms. The molecule has 0 spiro atoms. The van der Waals surface area contributed by atoms with Crippen LogP contribution in [-0.4, -0.2) is 5.78 Å². The molecule has 22 heavy (non-hydrogen) atoms. The Kier molecular flexibility index (Phi) is 16.6. The Balaban J connectivity index is 3.37. The minimum atomic E-state index is 0.256.